The second-order valence-corrected chi connectivity index (χ2v) is 6.51. The number of nitrogens with zero attached hydrogens (tertiary/aromatic N) is 1. The van der Waals surface area contributed by atoms with E-state index in [-0.39, 0.29) is 5.92 Å². The van der Waals surface area contributed by atoms with Crippen LogP contribution in [0.5, 0.6) is 0 Å². The second-order valence-electron chi connectivity index (χ2n) is 2.75. The van der Waals surface area contributed by atoms with E-state index in [2.05, 4.69) is 5.92 Å². The van der Waals surface area contributed by atoms with Crippen LogP contribution in [-0.2, 0) is 19.9 Å². The maximum absolute atomic E-state index is 11.5. The largest absolute Gasteiger partial charge is 0.241 e. The molecular weight excluding hydrogens is 178 g/mol. The van der Waals surface area contributed by atoms with E-state index in [0.717, 1.165) is 6.42 Å². The zero-order valence-corrected chi connectivity index (χ0v) is 8.08. The van der Waals surface area contributed by atoms with Crippen LogP contribution in [0.25, 0.3) is 0 Å². The Labute approximate surface area is 72.8 Å². The summed E-state index contributed by atoms with van der Waals surface area (Å²) in [5.74, 6) is 3.46. The summed E-state index contributed by atoms with van der Waals surface area (Å²) in [6.45, 7) is 0.679. The molecule has 0 aromatic carbocycles. The molecule has 0 radical (unpaired) electrons. The van der Waals surface area contributed by atoms with Gasteiger partial charge >= 0.3 is 0 Å². The summed E-state index contributed by atoms with van der Waals surface area (Å²) < 4.78 is 13.2. The molecule has 1 heterocycles. The first-order valence-electron chi connectivity index (χ1n) is 3.46. The highest BCUT2D eigenvalue weighted by Gasteiger charge is 2.24. The van der Waals surface area contributed by atoms with Crippen LogP contribution < -0.4 is 0 Å². The predicted molar refractivity (Wildman–Crippen MR) is 49.9 cm³/mol. The molecule has 1 rings (SSSR count). The SMILES string of the molecule is C#CC1CCS(=O)(=S)N(C)C1. The summed E-state index contributed by atoms with van der Waals surface area (Å²) in [6.07, 6.45) is 6.06. The van der Waals surface area contributed by atoms with E-state index in [1.807, 2.05) is 0 Å². The van der Waals surface area contributed by atoms with Crippen molar-refractivity contribution in [2.45, 2.75) is 6.42 Å². The van der Waals surface area contributed by atoms with Crippen molar-refractivity contribution in [2.75, 3.05) is 19.3 Å². The number of hydrogen-bond donors (Lipinski definition) is 0. The van der Waals surface area contributed by atoms with Gasteiger partial charge in [0.2, 0.25) is 0 Å². The fraction of sp³-hybridized carbons (Fsp3) is 0.714. The molecule has 2 nitrogen and oxygen atoms in total. The van der Waals surface area contributed by atoms with Crippen molar-refractivity contribution in [2.24, 2.45) is 5.92 Å². The van der Waals surface area contributed by atoms with E-state index in [9.17, 15) is 4.21 Å². The van der Waals surface area contributed by atoms with Crippen LogP contribution in [-0.4, -0.2) is 27.9 Å². The van der Waals surface area contributed by atoms with Crippen molar-refractivity contribution in [3.8, 4) is 12.3 Å². The Kier molecular flexibility index (Phi) is 2.53. The van der Waals surface area contributed by atoms with Crippen molar-refractivity contribution in [3.63, 3.8) is 0 Å². The molecule has 4 heteroatoms. The summed E-state index contributed by atoms with van der Waals surface area (Å²) in [5, 5.41) is 0. The van der Waals surface area contributed by atoms with E-state index >= 15 is 0 Å². The summed E-state index contributed by atoms with van der Waals surface area (Å²) in [4.78, 5) is 0. The van der Waals surface area contributed by atoms with E-state index < -0.39 is 8.68 Å². The van der Waals surface area contributed by atoms with Crippen LogP contribution in [0.1, 0.15) is 6.42 Å². The molecule has 0 bridgehead atoms. The number of terminal acetylenes is 1. The maximum atomic E-state index is 11.5. The molecule has 0 N–H and O–H groups in total. The Bertz CT molecular complexity index is 275. The summed E-state index contributed by atoms with van der Waals surface area (Å²) in [6, 6.07) is 0. The average Bonchev–Trinajstić information content (AvgIpc) is 1.95. The molecule has 11 heavy (non-hydrogen) atoms. The van der Waals surface area contributed by atoms with Crippen LogP contribution in [0.2, 0.25) is 0 Å². The lowest BCUT2D eigenvalue weighted by atomic mass is 10.1. The van der Waals surface area contributed by atoms with Crippen LogP contribution in [0.15, 0.2) is 0 Å². The molecule has 1 aliphatic heterocycles. The minimum atomic E-state index is -2.13. The van der Waals surface area contributed by atoms with E-state index in [4.69, 9.17) is 17.6 Å². The predicted octanol–water partition coefficient (Wildman–Crippen LogP) is 0.233. The van der Waals surface area contributed by atoms with Crippen LogP contribution in [0.4, 0.5) is 0 Å². The molecule has 0 saturated carbocycles. The van der Waals surface area contributed by atoms with E-state index in [0.29, 0.717) is 12.3 Å². The number of hydrogen-bond acceptors (Lipinski definition) is 2. The van der Waals surface area contributed by atoms with Crippen LogP contribution in [0, 0.1) is 18.3 Å². The lowest BCUT2D eigenvalue weighted by Crippen LogP contribution is -2.38. The minimum absolute atomic E-state index is 0.234. The lowest BCUT2D eigenvalue weighted by Gasteiger charge is -2.28. The molecule has 0 aromatic rings. The molecule has 0 spiro atoms. The quantitative estimate of drug-likeness (QED) is 0.509. The van der Waals surface area contributed by atoms with Crippen molar-refractivity contribution in [3.05, 3.63) is 0 Å². The van der Waals surface area contributed by atoms with Crippen molar-refractivity contribution in [1.82, 2.24) is 4.31 Å². The van der Waals surface area contributed by atoms with Gasteiger partial charge in [-0.3, -0.25) is 0 Å². The Morgan fingerprint density at radius 1 is 1.82 bits per heavy atom. The van der Waals surface area contributed by atoms with E-state index in [1.165, 1.54) is 0 Å². The fourth-order valence-corrected chi connectivity index (χ4v) is 2.87. The molecule has 1 saturated heterocycles. The monoisotopic (exact) mass is 189 g/mol. The molecule has 2 unspecified atom stereocenters. The van der Waals surface area contributed by atoms with Gasteiger partial charge in [0.25, 0.3) is 0 Å². The Morgan fingerprint density at radius 2 is 2.45 bits per heavy atom. The third-order valence-electron chi connectivity index (χ3n) is 1.91. The highest BCUT2D eigenvalue weighted by atomic mass is 32.8. The molecule has 0 aliphatic carbocycles. The van der Waals surface area contributed by atoms with Gasteiger partial charge in [0.05, 0.1) is 8.68 Å². The van der Waals surface area contributed by atoms with Crippen LogP contribution in [0.3, 0.4) is 0 Å². The van der Waals surface area contributed by atoms with Crippen molar-refractivity contribution < 1.29 is 4.21 Å². The first kappa shape index (κ1) is 8.98. The van der Waals surface area contributed by atoms with Gasteiger partial charge < -0.3 is 0 Å². The average molecular weight is 189 g/mol. The van der Waals surface area contributed by atoms with Crippen molar-refractivity contribution in [1.29, 1.82) is 0 Å². The van der Waals surface area contributed by atoms with Gasteiger partial charge in [-0.1, -0.05) is 0 Å². The molecule has 1 aliphatic rings. The fourth-order valence-electron chi connectivity index (χ4n) is 1.10. The van der Waals surface area contributed by atoms with Gasteiger partial charge in [-0.05, 0) is 24.7 Å². The topological polar surface area (TPSA) is 20.3 Å². The first-order chi connectivity index (χ1) is 5.06. The van der Waals surface area contributed by atoms with Gasteiger partial charge in [-0.2, -0.15) is 0 Å². The Hall–Kier alpha value is -0.110. The molecule has 2 atom stereocenters. The molecule has 0 amide bonds. The lowest BCUT2D eigenvalue weighted by molar-refractivity contribution is 0.426. The molecule has 0 aromatic heterocycles. The maximum Gasteiger partial charge on any atom is 0.0920 e. The molecule has 1 fully saturated rings. The zero-order chi connectivity index (χ0) is 8.48. The molecule has 62 valence electrons. The first-order valence-corrected chi connectivity index (χ1v) is 6.07. The summed E-state index contributed by atoms with van der Waals surface area (Å²) in [7, 11) is -0.357. The highest BCUT2D eigenvalue weighted by molar-refractivity contribution is 8.31. The second kappa shape index (κ2) is 3.10. The minimum Gasteiger partial charge on any atom is -0.241 e. The smallest absolute Gasteiger partial charge is 0.0920 e. The van der Waals surface area contributed by atoms with Gasteiger partial charge in [0.15, 0.2) is 0 Å². The Balaban J connectivity index is 2.72. The van der Waals surface area contributed by atoms with Gasteiger partial charge in [0, 0.05) is 18.2 Å². The van der Waals surface area contributed by atoms with E-state index in [1.54, 1.807) is 11.4 Å². The van der Waals surface area contributed by atoms with Gasteiger partial charge in [0.1, 0.15) is 0 Å². The van der Waals surface area contributed by atoms with Gasteiger partial charge in [-0.25, -0.2) is 8.51 Å². The molecular formula is C7H11NOS2. The van der Waals surface area contributed by atoms with Gasteiger partial charge in [-0.15, -0.1) is 12.3 Å². The normalized spacial score (nSPS) is 39.8. The number of rotatable bonds is 0. The van der Waals surface area contributed by atoms with Crippen LogP contribution >= 0.6 is 0 Å². The summed E-state index contributed by atoms with van der Waals surface area (Å²) >= 11 is 4.90. The highest BCUT2D eigenvalue weighted by Crippen LogP contribution is 2.16. The zero-order valence-electron chi connectivity index (χ0n) is 6.45. The summed E-state index contributed by atoms with van der Waals surface area (Å²) in [5.41, 5.74) is 0. The standard InChI is InChI=1S/C7H11NOS2/c1-3-7-4-5-11(9,10)8(2)6-7/h1,7H,4-6H2,2H3. The third-order valence-corrected chi connectivity index (χ3v) is 5.03. The van der Waals surface area contributed by atoms with Crippen molar-refractivity contribution >= 4 is 19.9 Å². The Morgan fingerprint density at radius 3 is 2.91 bits per heavy atom. The third kappa shape index (κ3) is 1.92.